The summed E-state index contributed by atoms with van der Waals surface area (Å²) in [5.41, 5.74) is 3.18. The summed E-state index contributed by atoms with van der Waals surface area (Å²) in [6.45, 7) is 0. The molecule has 1 amide bonds. The van der Waals surface area contributed by atoms with Gasteiger partial charge < -0.3 is 5.32 Å². The van der Waals surface area contributed by atoms with E-state index in [-0.39, 0.29) is 10.8 Å². The van der Waals surface area contributed by atoms with E-state index in [0.717, 1.165) is 21.5 Å². The van der Waals surface area contributed by atoms with Crippen molar-refractivity contribution in [2.75, 3.05) is 10.6 Å². The molecule has 156 valence electrons. The van der Waals surface area contributed by atoms with E-state index in [9.17, 15) is 13.2 Å². The summed E-state index contributed by atoms with van der Waals surface area (Å²) >= 11 is 1.39. The Kier molecular flexibility index (Phi) is 4.95. The lowest BCUT2D eigenvalue weighted by molar-refractivity contribution is 0.102. The highest BCUT2D eigenvalue weighted by molar-refractivity contribution is 7.92. The number of nitrogens with one attached hydrogen (secondary N) is 2. The first-order valence-electron chi connectivity index (χ1n) is 9.86. The van der Waals surface area contributed by atoms with Gasteiger partial charge in [0.15, 0.2) is 15.0 Å². The predicted octanol–water partition coefficient (Wildman–Crippen LogP) is 4.71. The molecule has 1 aliphatic rings. The van der Waals surface area contributed by atoms with Gasteiger partial charge in [-0.25, -0.2) is 13.4 Å². The third-order valence-corrected chi connectivity index (χ3v) is 8.33. The molecule has 1 aromatic heterocycles. The van der Waals surface area contributed by atoms with E-state index in [4.69, 9.17) is 0 Å². The van der Waals surface area contributed by atoms with Crippen LogP contribution in [0.1, 0.15) is 22.3 Å². The summed E-state index contributed by atoms with van der Waals surface area (Å²) in [5, 5.41) is 5.75. The monoisotopic (exact) mass is 449 g/mol. The number of carbonyl (C=O) groups is 1. The number of benzene rings is 3. The highest BCUT2D eigenvalue weighted by Crippen LogP contribution is 2.30. The fraction of sp³-hybridized carbons (Fsp3) is 0.130. The number of hydrogen-bond donors (Lipinski definition) is 2. The number of nitrogens with zero attached hydrogens (tertiary/aromatic N) is 1. The molecule has 5 rings (SSSR count). The van der Waals surface area contributed by atoms with Crippen molar-refractivity contribution in [2.24, 2.45) is 0 Å². The Labute approximate surface area is 183 Å². The standard InChI is InChI=1S/C23H19N3O3S2/c27-22(26-23-25-19-7-3-4-8-20(19)30-23)16-9-12-17(13-10-16)31(28,29)21-14-11-15-5-1-2-6-18(15)24-21/h1-10,12-13,21,24H,11,14H2,(H,25,26,27). The average Bonchev–Trinajstić information content (AvgIpc) is 3.21. The molecule has 0 saturated heterocycles. The van der Waals surface area contributed by atoms with Crippen LogP contribution in [-0.4, -0.2) is 24.7 Å². The van der Waals surface area contributed by atoms with Gasteiger partial charge in [-0.15, -0.1) is 0 Å². The molecule has 2 N–H and O–H groups in total. The molecule has 0 radical (unpaired) electrons. The van der Waals surface area contributed by atoms with E-state index in [2.05, 4.69) is 15.6 Å². The van der Waals surface area contributed by atoms with E-state index < -0.39 is 15.2 Å². The zero-order valence-corrected chi connectivity index (χ0v) is 18.0. The molecule has 0 saturated carbocycles. The van der Waals surface area contributed by atoms with Gasteiger partial charge in [0.25, 0.3) is 5.91 Å². The van der Waals surface area contributed by atoms with Gasteiger partial charge in [0.2, 0.25) is 0 Å². The molecule has 2 heterocycles. The number of fused-ring (bicyclic) bond motifs is 2. The molecule has 4 aromatic rings. The number of amides is 1. The second-order valence-electron chi connectivity index (χ2n) is 7.34. The van der Waals surface area contributed by atoms with E-state index in [0.29, 0.717) is 23.5 Å². The number of thiazole rings is 1. The summed E-state index contributed by atoms with van der Waals surface area (Å²) in [4.78, 5) is 17.2. The molecule has 0 spiro atoms. The van der Waals surface area contributed by atoms with Crippen LogP contribution in [0, 0.1) is 0 Å². The fourth-order valence-electron chi connectivity index (χ4n) is 3.70. The Balaban J connectivity index is 1.32. The van der Waals surface area contributed by atoms with Crippen molar-refractivity contribution in [3.05, 3.63) is 83.9 Å². The highest BCUT2D eigenvalue weighted by atomic mass is 32.2. The normalized spacial score (nSPS) is 15.8. The van der Waals surface area contributed by atoms with Crippen LogP contribution < -0.4 is 10.6 Å². The van der Waals surface area contributed by atoms with Gasteiger partial charge in [-0.2, -0.15) is 0 Å². The molecule has 0 bridgehead atoms. The third kappa shape index (κ3) is 3.80. The van der Waals surface area contributed by atoms with Gasteiger partial charge in [0.05, 0.1) is 15.1 Å². The van der Waals surface area contributed by atoms with E-state index in [1.165, 1.54) is 35.6 Å². The summed E-state index contributed by atoms with van der Waals surface area (Å²) in [6.07, 6.45) is 1.20. The lowest BCUT2D eigenvalue weighted by Crippen LogP contribution is -2.33. The van der Waals surface area contributed by atoms with Crippen LogP contribution in [0.5, 0.6) is 0 Å². The lowest BCUT2D eigenvalue weighted by Gasteiger charge is -2.26. The van der Waals surface area contributed by atoms with Crippen molar-refractivity contribution < 1.29 is 13.2 Å². The number of carbonyl (C=O) groups excluding carboxylic acids is 1. The molecule has 1 atom stereocenters. The van der Waals surface area contributed by atoms with Crippen LogP contribution in [0.15, 0.2) is 77.7 Å². The molecule has 1 unspecified atom stereocenters. The van der Waals surface area contributed by atoms with Crippen molar-refractivity contribution >= 4 is 48.1 Å². The number of anilines is 2. The zero-order chi connectivity index (χ0) is 21.4. The molecule has 8 heteroatoms. The van der Waals surface area contributed by atoms with Crippen LogP contribution in [-0.2, 0) is 16.3 Å². The summed E-state index contributed by atoms with van der Waals surface area (Å²) in [6, 6.07) is 21.4. The Bertz CT molecular complexity index is 1350. The number of aromatic nitrogens is 1. The fourth-order valence-corrected chi connectivity index (χ4v) is 6.11. The maximum Gasteiger partial charge on any atom is 0.257 e. The first-order valence-corrected chi connectivity index (χ1v) is 12.2. The topological polar surface area (TPSA) is 88.2 Å². The van der Waals surface area contributed by atoms with Crippen molar-refractivity contribution in [2.45, 2.75) is 23.1 Å². The van der Waals surface area contributed by atoms with Crippen LogP contribution in [0.25, 0.3) is 10.2 Å². The van der Waals surface area contributed by atoms with E-state index in [1.54, 1.807) is 0 Å². The van der Waals surface area contributed by atoms with Crippen molar-refractivity contribution in [3.63, 3.8) is 0 Å². The second-order valence-corrected chi connectivity index (χ2v) is 10.5. The molecule has 0 aliphatic carbocycles. The van der Waals surface area contributed by atoms with Crippen molar-refractivity contribution in [3.8, 4) is 0 Å². The maximum atomic E-state index is 13.1. The van der Waals surface area contributed by atoms with Crippen LogP contribution >= 0.6 is 11.3 Å². The summed E-state index contributed by atoms with van der Waals surface area (Å²) in [7, 11) is -3.58. The first kappa shape index (κ1) is 19.7. The predicted molar refractivity (Wildman–Crippen MR) is 123 cm³/mol. The minimum atomic E-state index is -3.58. The SMILES string of the molecule is O=C(Nc1nc2ccccc2s1)c1ccc(S(=O)(=O)C2CCc3ccccc3N2)cc1. The molecule has 31 heavy (non-hydrogen) atoms. The highest BCUT2D eigenvalue weighted by Gasteiger charge is 2.30. The number of rotatable bonds is 4. The summed E-state index contributed by atoms with van der Waals surface area (Å²) in [5.74, 6) is -0.326. The number of hydrogen-bond acceptors (Lipinski definition) is 6. The van der Waals surface area contributed by atoms with Crippen molar-refractivity contribution in [1.82, 2.24) is 4.98 Å². The van der Waals surface area contributed by atoms with Gasteiger partial charge in [0.1, 0.15) is 5.37 Å². The van der Waals surface area contributed by atoms with Crippen LogP contribution in [0.4, 0.5) is 10.8 Å². The number of aryl methyl sites for hydroxylation is 1. The number of sulfone groups is 1. The molecule has 0 fully saturated rings. The average molecular weight is 450 g/mol. The van der Waals surface area contributed by atoms with Gasteiger partial charge in [-0.1, -0.05) is 41.7 Å². The minimum Gasteiger partial charge on any atom is -0.369 e. The lowest BCUT2D eigenvalue weighted by atomic mass is 10.0. The second kappa shape index (κ2) is 7.79. The van der Waals surface area contributed by atoms with Gasteiger partial charge in [0, 0.05) is 11.3 Å². The van der Waals surface area contributed by atoms with Gasteiger partial charge in [-0.05, 0) is 60.9 Å². The maximum absolute atomic E-state index is 13.1. The van der Waals surface area contributed by atoms with Crippen LogP contribution in [0.3, 0.4) is 0 Å². The van der Waals surface area contributed by atoms with Crippen LogP contribution in [0.2, 0.25) is 0 Å². The quantitative estimate of drug-likeness (QED) is 0.471. The zero-order valence-electron chi connectivity index (χ0n) is 16.4. The van der Waals surface area contributed by atoms with E-state index in [1.807, 2.05) is 48.5 Å². The smallest absolute Gasteiger partial charge is 0.257 e. The minimum absolute atomic E-state index is 0.195. The Morgan fingerprint density at radius 1 is 1.00 bits per heavy atom. The Morgan fingerprint density at radius 2 is 1.74 bits per heavy atom. The van der Waals surface area contributed by atoms with Crippen molar-refractivity contribution in [1.29, 1.82) is 0 Å². The van der Waals surface area contributed by atoms with Gasteiger partial charge in [-0.3, -0.25) is 10.1 Å². The molecular formula is C23H19N3O3S2. The first-order chi connectivity index (χ1) is 15.0. The molecule has 6 nitrogen and oxygen atoms in total. The van der Waals surface area contributed by atoms with E-state index >= 15 is 0 Å². The van der Waals surface area contributed by atoms with Gasteiger partial charge >= 0.3 is 0 Å². The Hall–Kier alpha value is -3.23. The molecular weight excluding hydrogens is 430 g/mol. The molecule has 1 aliphatic heterocycles. The Morgan fingerprint density at radius 3 is 2.55 bits per heavy atom. The third-order valence-electron chi connectivity index (χ3n) is 5.34. The molecule has 3 aromatic carbocycles. The largest absolute Gasteiger partial charge is 0.369 e. The number of para-hydroxylation sites is 2. The summed E-state index contributed by atoms with van der Waals surface area (Å²) < 4.78 is 27.2.